The van der Waals surface area contributed by atoms with E-state index < -0.39 is 5.97 Å². The summed E-state index contributed by atoms with van der Waals surface area (Å²) < 4.78 is 0. The van der Waals surface area contributed by atoms with E-state index in [2.05, 4.69) is 10.6 Å². The zero-order valence-electron chi connectivity index (χ0n) is 10.5. The van der Waals surface area contributed by atoms with Gasteiger partial charge in [-0.15, -0.1) is 0 Å². The number of urea groups is 1. The van der Waals surface area contributed by atoms with Crippen LogP contribution in [0.25, 0.3) is 0 Å². The van der Waals surface area contributed by atoms with Crippen LogP contribution in [-0.4, -0.2) is 23.1 Å². The maximum absolute atomic E-state index is 11.6. The predicted molar refractivity (Wildman–Crippen MR) is 70.7 cm³/mol. The van der Waals surface area contributed by atoms with Crippen LogP contribution in [0.2, 0.25) is 0 Å². The van der Waals surface area contributed by atoms with Gasteiger partial charge in [-0.2, -0.15) is 11.3 Å². The molecule has 2 amide bonds. The van der Waals surface area contributed by atoms with Gasteiger partial charge >= 0.3 is 12.0 Å². The first-order valence-electron chi connectivity index (χ1n) is 5.80. The minimum atomic E-state index is -0.851. The highest BCUT2D eigenvalue weighted by Gasteiger charge is 2.12. The second kappa shape index (κ2) is 7.00. The van der Waals surface area contributed by atoms with Crippen molar-refractivity contribution in [3.05, 3.63) is 22.4 Å². The van der Waals surface area contributed by atoms with E-state index in [1.807, 2.05) is 23.8 Å². The number of nitrogens with one attached hydrogen (secondary N) is 2. The summed E-state index contributed by atoms with van der Waals surface area (Å²) in [7, 11) is 0. The van der Waals surface area contributed by atoms with Gasteiger partial charge in [0.05, 0.1) is 6.04 Å². The lowest BCUT2D eigenvalue weighted by Crippen LogP contribution is -2.41. The molecule has 6 heteroatoms. The molecule has 0 saturated heterocycles. The number of hydrogen-bond acceptors (Lipinski definition) is 3. The lowest BCUT2D eigenvalue weighted by molar-refractivity contribution is -0.137. The number of amides is 2. The van der Waals surface area contributed by atoms with Crippen molar-refractivity contribution < 1.29 is 14.7 Å². The Hall–Kier alpha value is -1.56. The Labute approximate surface area is 110 Å². The second-order valence-corrected chi connectivity index (χ2v) is 5.01. The molecule has 5 nitrogen and oxygen atoms in total. The van der Waals surface area contributed by atoms with Crippen LogP contribution in [0.1, 0.15) is 38.3 Å². The van der Waals surface area contributed by atoms with Gasteiger partial charge in [0.25, 0.3) is 0 Å². The Balaban J connectivity index is 2.30. The van der Waals surface area contributed by atoms with Gasteiger partial charge in [0.1, 0.15) is 0 Å². The lowest BCUT2D eigenvalue weighted by Gasteiger charge is -2.17. The summed E-state index contributed by atoms with van der Waals surface area (Å²) in [6.45, 7) is 3.70. The van der Waals surface area contributed by atoms with E-state index in [4.69, 9.17) is 5.11 Å². The van der Waals surface area contributed by atoms with Crippen molar-refractivity contribution in [1.82, 2.24) is 10.6 Å². The molecule has 1 rings (SSSR count). The van der Waals surface area contributed by atoms with Crippen LogP contribution in [0.15, 0.2) is 16.8 Å². The third kappa shape index (κ3) is 5.18. The van der Waals surface area contributed by atoms with Crippen molar-refractivity contribution >= 4 is 23.3 Å². The minimum absolute atomic E-state index is 0.0528. The van der Waals surface area contributed by atoms with Crippen LogP contribution in [0.4, 0.5) is 4.79 Å². The number of carbonyl (C=O) groups is 2. The van der Waals surface area contributed by atoms with Gasteiger partial charge in [-0.25, -0.2) is 4.79 Å². The summed E-state index contributed by atoms with van der Waals surface area (Å²) in [4.78, 5) is 22.0. The molecule has 1 heterocycles. The summed E-state index contributed by atoms with van der Waals surface area (Å²) in [6.07, 6.45) is 0.483. The number of hydrogen-bond donors (Lipinski definition) is 3. The van der Waals surface area contributed by atoms with Crippen LogP contribution >= 0.6 is 11.3 Å². The maximum Gasteiger partial charge on any atom is 0.315 e. The molecule has 0 aliphatic rings. The third-order valence-corrected chi connectivity index (χ3v) is 3.26. The summed E-state index contributed by atoms with van der Waals surface area (Å²) in [5.74, 6) is -0.851. The molecule has 2 atom stereocenters. The molecule has 0 saturated carbocycles. The first-order valence-corrected chi connectivity index (χ1v) is 6.74. The van der Waals surface area contributed by atoms with Crippen LogP contribution in [0.3, 0.4) is 0 Å². The zero-order chi connectivity index (χ0) is 13.5. The van der Waals surface area contributed by atoms with Gasteiger partial charge in [0, 0.05) is 12.5 Å². The number of carboxylic acids is 1. The molecule has 0 fully saturated rings. The summed E-state index contributed by atoms with van der Waals surface area (Å²) in [6, 6.07) is 1.48. The summed E-state index contributed by atoms with van der Waals surface area (Å²) in [5.41, 5.74) is 1.06. The molecule has 0 aliphatic heterocycles. The predicted octanol–water partition coefficient (Wildman–Crippen LogP) is 2.36. The van der Waals surface area contributed by atoms with Gasteiger partial charge in [0.15, 0.2) is 0 Å². The molecule has 1 aromatic rings. The normalized spacial score (nSPS) is 13.7. The molecule has 0 radical (unpaired) electrons. The van der Waals surface area contributed by atoms with Gasteiger partial charge in [-0.1, -0.05) is 0 Å². The van der Waals surface area contributed by atoms with E-state index in [-0.39, 0.29) is 24.5 Å². The first-order chi connectivity index (χ1) is 8.49. The highest BCUT2D eigenvalue weighted by atomic mass is 32.1. The van der Waals surface area contributed by atoms with Crippen LogP contribution in [-0.2, 0) is 4.79 Å². The van der Waals surface area contributed by atoms with E-state index in [0.29, 0.717) is 6.42 Å². The highest BCUT2D eigenvalue weighted by molar-refractivity contribution is 7.07. The fourth-order valence-electron chi connectivity index (χ4n) is 1.48. The Bertz CT molecular complexity index is 392. The second-order valence-electron chi connectivity index (χ2n) is 4.23. The number of rotatable bonds is 6. The topological polar surface area (TPSA) is 78.4 Å². The van der Waals surface area contributed by atoms with E-state index in [9.17, 15) is 9.59 Å². The quantitative estimate of drug-likeness (QED) is 0.742. The van der Waals surface area contributed by atoms with E-state index >= 15 is 0 Å². The molecular formula is C12H18N2O3S. The van der Waals surface area contributed by atoms with E-state index in [1.165, 1.54) is 0 Å². The van der Waals surface area contributed by atoms with Crippen molar-refractivity contribution in [3.8, 4) is 0 Å². The van der Waals surface area contributed by atoms with Gasteiger partial charge < -0.3 is 15.7 Å². The summed E-state index contributed by atoms with van der Waals surface area (Å²) in [5, 5.41) is 18.0. The Kier molecular flexibility index (Phi) is 5.64. The standard InChI is InChI=1S/C12H18N2O3S/c1-8(3-4-11(15)16)13-12(17)14-9(2)10-5-6-18-7-10/h5-9H,3-4H2,1-2H3,(H,15,16)(H2,13,14,17). The van der Waals surface area contributed by atoms with Crippen molar-refractivity contribution in [2.75, 3.05) is 0 Å². The zero-order valence-corrected chi connectivity index (χ0v) is 11.3. The van der Waals surface area contributed by atoms with Crippen molar-refractivity contribution in [1.29, 1.82) is 0 Å². The van der Waals surface area contributed by atoms with E-state index in [0.717, 1.165) is 5.56 Å². The molecule has 0 aliphatic carbocycles. The van der Waals surface area contributed by atoms with Crippen molar-refractivity contribution in [3.63, 3.8) is 0 Å². The molecule has 1 aromatic heterocycles. The van der Waals surface area contributed by atoms with Crippen molar-refractivity contribution in [2.24, 2.45) is 0 Å². The van der Waals surface area contributed by atoms with E-state index in [1.54, 1.807) is 18.3 Å². The molecular weight excluding hydrogens is 252 g/mol. The molecule has 100 valence electrons. The van der Waals surface area contributed by atoms with Crippen LogP contribution in [0.5, 0.6) is 0 Å². The average Bonchev–Trinajstić information content (AvgIpc) is 2.79. The van der Waals surface area contributed by atoms with Gasteiger partial charge in [0.2, 0.25) is 0 Å². The lowest BCUT2D eigenvalue weighted by atomic mass is 10.2. The SMILES string of the molecule is CC(CCC(=O)O)NC(=O)NC(C)c1ccsc1. The monoisotopic (exact) mass is 270 g/mol. The third-order valence-electron chi connectivity index (χ3n) is 2.56. The number of aliphatic carboxylic acids is 1. The highest BCUT2D eigenvalue weighted by Crippen LogP contribution is 2.15. The van der Waals surface area contributed by atoms with Gasteiger partial charge in [-0.05, 0) is 42.7 Å². The Morgan fingerprint density at radius 1 is 1.39 bits per heavy atom. The Morgan fingerprint density at radius 2 is 2.11 bits per heavy atom. The van der Waals surface area contributed by atoms with Crippen molar-refractivity contribution in [2.45, 2.75) is 38.8 Å². The van der Waals surface area contributed by atoms with Crippen LogP contribution < -0.4 is 10.6 Å². The number of thiophene rings is 1. The molecule has 3 N–H and O–H groups in total. The minimum Gasteiger partial charge on any atom is -0.481 e. The maximum atomic E-state index is 11.6. The smallest absolute Gasteiger partial charge is 0.315 e. The fourth-order valence-corrected chi connectivity index (χ4v) is 2.23. The number of carbonyl (C=O) groups excluding carboxylic acids is 1. The molecule has 0 aromatic carbocycles. The first kappa shape index (κ1) is 14.5. The average molecular weight is 270 g/mol. The molecule has 2 unspecified atom stereocenters. The summed E-state index contributed by atoms with van der Waals surface area (Å²) >= 11 is 1.58. The van der Waals surface area contributed by atoms with Gasteiger partial charge in [-0.3, -0.25) is 4.79 Å². The Morgan fingerprint density at radius 3 is 2.67 bits per heavy atom. The molecule has 18 heavy (non-hydrogen) atoms. The molecule has 0 bridgehead atoms. The largest absolute Gasteiger partial charge is 0.481 e. The number of carboxylic acid groups (broad SMARTS) is 1. The molecule has 0 spiro atoms. The fraction of sp³-hybridized carbons (Fsp3) is 0.500. The van der Waals surface area contributed by atoms with Crippen LogP contribution in [0, 0.1) is 0 Å².